The molecule has 5 nitrogen and oxygen atoms in total. The molecule has 1 saturated heterocycles. The zero-order valence-corrected chi connectivity index (χ0v) is 12.8. The van der Waals surface area contributed by atoms with Crippen LogP contribution < -0.4 is 10.6 Å². The van der Waals surface area contributed by atoms with E-state index in [9.17, 15) is 31.1 Å². The molecule has 1 aromatic carbocycles. The minimum atomic E-state index is -5.68. The molecule has 1 fully saturated rings. The van der Waals surface area contributed by atoms with Crippen molar-refractivity contribution >= 4 is 15.5 Å². The van der Waals surface area contributed by atoms with Crippen molar-refractivity contribution in [3.63, 3.8) is 0 Å². The minimum absolute atomic E-state index is 0.156. The van der Waals surface area contributed by atoms with E-state index >= 15 is 0 Å². The number of piperidine rings is 1. The van der Waals surface area contributed by atoms with E-state index in [0.717, 1.165) is 12.1 Å². The Morgan fingerprint density at radius 2 is 1.83 bits per heavy atom. The van der Waals surface area contributed by atoms with Crippen molar-refractivity contribution in [1.29, 1.82) is 0 Å². The van der Waals surface area contributed by atoms with E-state index in [0.29, 0.717) is 6.07 Å². The van der Waals surface area contributed by atoms with Gasteiger partial charge in [0.05, 0.1) is 12.3 Å². The molecule has 0 bridgehead atoms. The zero-order valence-electron chi connectivity index (χ0n) is 12.0. The molecular formula is C13H16F4N2O3S. The molecule has 130 valence electrons. The Bertz CT molecular complexity index is 683. The SMILES string of the molecule is NC1(CO)CCN(c2ccc(F)cc2S(=O)(=O)C(F)(F)F)CC1. The molecule has 0 spiro atoms. The second kappa shape index (κ2) is 5.91. The van der Waals surface area contributed by atoms with E-state index in [1.165, 1.54) is 4.90 Å². The van der Waals surface area contributed by atoms with Gasteiger partial charge in [0, 0.05) is 18.6 Å². The normalized spacial score (nSPS) is 19.0. The van der Waals surface area contributed by atoms with Crippen molar-refractivity contribution in [2.24, 2.45) is 5.73 Å². The first kappa shape index (κ1) is 18.0. The van der Waals surface area contributed by atoms with Crippen LogP contribution in [0.1, 0.15) is 12.8 Å². The van der Waals surface area contributed by atoms with E-state index in [1.54, 1.807) is 0 Å². The molecule has 0 aliphatic carbocycles. The highest BCUT2D eigenvalue weighted by molar-refractivity contribution is 7.92. The van der Waals surface area contributed by atoms with Gasteiger partial charge in [-0.05, 0) is 31.0 Å². The topological polar surface area (TPSA) is 83.6 Å². The van der Waals surface area contributed by atoms with Gasteiger partial charge in [-0.15, -0.1) is 0 Å². The van der Waals surface area contributed by atoms with Crippen LogP contribution in [-0.4, -0.2) is 44.3 Å². The molecule has 10 heteroatoms. The van der Waals surface area contributed by atoms with Crippen LogP contribution in [0.5, 0.6) is 0 Å². The molecule has 23 heavy (non-hydrogen) atoms. The van der Waals surface area contributed by atoms with Crippen LogP contribution in [0.4, 0.5) is 23.2 Å². The predicted molar refractivity (Wildman–Crippen MR) is 75.1 cm³/mol. The van der Waals surface area contributed by atoms with Crippen LogP contribution in [0.3, 0.4) is 0 Å². The number of aliphatic hydroxyl groups excluding tert-OH is 1. The number of alkyl halides is 3. The van der Waals surface area contributed by atoms with Gasteiger partial charge in [0.15, 0.2) is 0 Å². The highest BCUT2D eigenvalue weighted by Gasteiger charge is 2.48. The number of rotatable bonds is 3. The average molecular weight is 356 g/mol. The summed E-state index contributed by atoms with van der Waals surface area (Å²) < 4.78 is 75.0. The maximum Gasteiger partial charge on any atom is 0.501 e. The van der Waals surface area contributed by atoms with Crippen molar-refractivity contribution < 1.29 is 31.1 Å². The van der Waals surface area contributed by atoms with Gasteiger partial charge in [0.2, 0.25) is 0 Å². The van der Waals surface area contributed by atoms with Crippen LogP contribution >= 0.6 is 0 Å². The predicted octanol–water partition coefficient (Wildman–Crippen LogP) is 1.41. The van der Waals surface area contributed by atoms with Crippen molar-refractivity contribution in [3.8, 4) is 0 Å². The van der Waals surface area contributed by atoms with E-state index in [1.807, 2.05) is 0 Å². The first-order valence-corrected chi connectivity index (χ1v) is 8.24. The molecule has 0 radical (unpaired) electrons. The van der Waals surface area contributed by atoms with Crippen molar-refractivity contribution in [3.05, 3.63) is 24.0 Å². The Labute approximate surface area is 130 Å². The van der Waals surface area contributed by atoms with E-state index in [4.69, 9.17) is 5.73 Å². The summed E-state index contributed by atoms with van der Waals surface area (Å²) in [6.07, 6.45) is 0.540. The lowest BCUT2D eigenvalue weighted by atomic mass is 9.89. The molecule has 0 amide bonds. The number of nitrogens with two attached hydrogens (primary N) is 1. The summed E-state index contributed by atoms with van der Waals surface area (Å²) in [4.78, 5) is 0.289. The van der Waals surface area contributed by atoms with Crippen LogP contribution in [0.25, 0.3) is 0 Å². The Morgan fingerprint density at radius 3 is 2.30 bits per heavy atom. The van der Waals surface area contributed by atoms with Gasteiger partial charge < -0.3 is 15.7 Å². The summed E-state index contributed by atoms with van der Waals surface area (Å²) in [7, 11) is -5.68. The summed E-state index contributed by atoms with van der Waals surface area (Å²) >= 11 is 0. The lowest BCUT2D eigenvalue weighted by Crippen LogP contribution is -2.53. The summed E-state index contributed by atoms with van der Waals surface area (Å²) in [5.74, 6) is -1.07. The van der Waals surface area contributed by atoms with Crippen LogP contribution in [0.15, 0.2) is 23.1 Å². The quantitative estimate of drug-likeness (QED) is 0.800. The van der Waals surface area contributed by atoms with Crippen LogP contribution in [0.2, 0.25) is 0 Å². The number of aliphatic hydroxyl groups is 1. The second-order valence-corrected chi connectivity index (χ2v) is 7.48. The summed E-state index contributed by atoms with van der Waals surface area (Å²) in [5.41, 5.74) is -0.705. The minimum Gasteiger partial charge on any atom is -0.394 e. The molecule has 1 aliphatic heterocycles. The highest BCUT2D eigenvalue weighted by Crippen LogP contribution is 2.37. The van der Waals surface area contributed by atoms with E-state index in [-0.39, 0.29) is 38.2 Å². The third-order valence-electron chi connectivity index (χ3n) is 3.93. The summed E-state index contributed by atoms with van der Waals surface area (Å²) in [6.45, 7) is 0.0318. The third-order valence-corrected chi connectivity index (χ3v) is 5.45. The molecule has 3 N–H and O–H groups in total. The Kier molecular flexibility index (Phi) is 4.62. The number of nitrogens with zero attached hydrogens (tertiary/aromatic N) is 1. The van der Waals surface area contributed by atoms with Gasteiger partial charge in [-0.1, -0.05) is 0 Å². The largest absolute Gasteiger partial charge is 0.501 e. The smallest absolute Gasteiger partial charge is 0.394 e. The van der Waals surface area contributed by atoms with Crippen molar-refractivity contribution in [2.75, 3.05) is 24.6 Å². The number of hydrogen-bond acceptors (Lipinski definition) is 5. The fourth-order valence-corrected chi connectivity index (χ4v) is 3.43. The molecule has 2 rings (SSSR count). The van der Waals surface area contributed by atoms with Gasteiger partial charge in [-0.2, -0.15) is 13.2 Å². The number of halogens is 4. The Morgan fingerprint density at radius 1 is 1.26 bits per heavy atom. The number of sulfone groups is 1. The second-order valence-electron chi connectivity index (χ2n) is 5.57. The standard InChI is InChI=1S/C13H16F4N2O3S/c14-9-1-2-10(11(7-9)23(21,22)13(15,16)17)19-5-3-12(18,8-20)4-6-19/h1-2,7,20H,3-6,8,18H2. The van der Waals surface area contributed by atoms with Crippen LogP contribution in [0, 0.1) is 5.82 Å². The molecule has 0 atom stereocenters. The molecule has 1 aromatic rings. The molecule has 0 saturated carbocycles. The maximum atomic E-state index is 13.3. The molecule has 0 unspecified atom stereocenters. The van der Waals surface area contributed by atoms with Crippen molar-refractivity contribution in [2.45, 2.75) is 28.8 Å². The average Bonchev–Trinajstić information content (AvgIpc) is 2.47. The van der Waals surface area contributed by atoms with E-state index < -0.39 is 31.6 Å². The maximum absolute atomic E-state index is 13.3. The van der Waals surface area contributed by atoms with Gasteiger partial charge in [-0.3, -0.25) is 0 Å². The third kappa shape index (κ3) is 3.43. The van der Waals surface area contributed by atoms with Gasteiger partial charge >= 0.3 is 5.51 Å². The van der Waals surface area contributed by atoms with Crippen LogP contribution in [-0.2, 0) is 9.84 Å². The molecule has 0 aromatic heterocycles. The lowest BCUT2D eigenvalue weighted by molar-refractivity contribution is -0.0435. The van der Waals surface area contributed by atoms with Gasteiger partial charge in [0.1, 0.15) is 10.7 Å². The highest BCUT2D eigenvalue weighted by atomic mass is 32.2. The number of benzene rings is 1. The lowest BCUT2D eigenvalue weighted by Gasteiger charge is -2.39. The zero-order chi connectivity index (χ0) is 17.5. The number of anilines is 1. The first-order chi connectivity index (χ1) is 10.5. The van der Waals surface area contributed by atoms with E-state index in [2.05, 4.69) is 0 Å². The molecule has 1 heterocycles. The Balaban J connectivity index is 2.42. The fourth-order valence-electron chi connectivity index (χ4n) is 2.44. The van der Waals surface area contributed by atoms with Gasteiger partial charge in [0.25, 0.3) is 9.84 Å². The Hall–Kier alpha value is -1.39. The monoisotopic (exact) mass is 356 g/mol. The summed E-state index contributed by atoms with van der Waals surface area (Å²) in [5, 5.41) is 9.20. The molecular weight excluding hydrogens is 340 g/mol. The fraction of sp³-hybridized carbons (Fsp3) is 0.538. The number of hydrogen-bond donors (Lipinski definition) is 2. The molecule has 1 aliphatic rings. The first-order valence-electron chi connectivity index (χ1n) is 6.76. The van der Waals surface area contributed by atoms with Gasteiger partial charge in [-0.25, -0.2) is 12.8 Å². The summed E-state index contributed by atoms with van der Waals surface area (Å²) in [6, 6.07) is 2.28. The van der Waals surface area contributed by atoms with Crippen molar-refractivity contribution in [1.82, 2.24) is 0 Å².